The predicted molar refractivity (Wildman–Crippen MR) is 128 cm³/mol. The van der Waals surface area contributed by atoms with Crippen LogP contribution in [0.15, 0.2) is 52.5 Å². The molecule has 1 heterocycles. The number of rotatable bonds is 8. The molecule has 0 fully saturated rings. The topological polar surface area (TPSA) is 93.9 Å². The number of hydrogen-bond acceptors (Lipinski definition) is 6. The third-order valence-electron chi connectivity index (χ3n) is 5.40. The van der Waals surface area contributed by atoms with Gasteiger partial charge in [0, 0.05) is 12.7 Å². The van der Waals surface area contributed by atoms with E-state index in [9.17, 15) is 13.2 Å². The van der Waals surface area contributed by atoms with Crippen LogP contribution in [0.5, 0.6) is 0 Å². The Morgan fingerprint density at radius 1 is 1.09 bits per heavy atom. The number of anilines is 1. The second-order valence-electron chi connectivity index (χ2n) is 7.78. The molecule has 0 saturated carbocycles. The molecule has 1 N–H and O–H groups in total. The van der Waals surface area contributed by atoms with Crippen molar-refractivity contribution in [2.24, 2.45) is 7.05 Å². The van der Waals surface area contributed by atoms with Crippen LogP contribution in [0.1, 0.15) is 35.9 Å². The van der Waals surface area contributed by atoms with Crippen LogP contribution in [0.3, 0.4) is 0 Å². The molecule has 170 valence electrons. The maximum atomic E-state index is 12.9. The van der Waals surface area contributed by atoms with Crippen molar-refractivity contribution in [3.05, 3.63) is 65.0 Å². The van der Waals surface area contributed by atoms with E-state index in [4.69, 9.17) is 0 Å². The summed E-state index contributed by atoms with van der Waals surface area (Å²) in [5, 5.41) is 11.3. The molecule has 3 aromatic rings. The number of thioether (sulfide) groups is 1. The minimum absolute atomic E-state index is 0.122. The number of carbonyl (C=O) groups is 1. The molecule has 0 aliphatic carbocycles. The van der Waals surface area contributed by atoms with Gasteiger partial charge in [0.15, 0.2) is 15.0 Å². The molecule has 0 aliphatic heterocycles. The molecule has 0 radical (unpaired) electrons. The molecule has 2 aromatic carbocycles. The maximum Gasteiger partial charge on any atom is 0.237 e. The first-order chi connectivity index (χ1) is 15.1. The predicted octanol–water partition coefficient (Wildman–Crippen LogP) is 4.22. The maximum absolute atomic E-state index is 12.9. The SMILES string of the molecule is CCC(Sc1nnc(CS(=O)(=O)c2ccc(C)cc2)n1C)C(=O)Nc1cccc(C)c1C. The van der Waals surface area contributed by atoms with E-state index in [2.05, 4.69) is 15.5 Å². The second-order valence-corrected chi connectivity index (χ2v) is 10.9. The molecular formula is C23H28N4O3S2. The van der Waals surface area contributed by atoms with Crippen molar-refractivity contribution < 1.29 is 13.2 Å². The van der Waals surface area contributed by atoms with Gasteiger partial charge in [-0.1, -0.05) is 48.5 Å². The van der Waals surface area contributed by atoms with E-state index in [1.807, 2.05) is 45.9 Å². The van der Waals surface area contributed by atoms with Crippen LogP contribution < -0.4 is 5.32 Å². The van der Waals surface area contributed by atoms with E-state index in [0.29, 0.717) is 17.4 Å². The van der Waals surface area contributed by atoms with Crippen LogP contribution in [0.2, 0.25) is 0 Å². The Kier molecular flexibility index (Phi) is 7.40. The summed E-state index contributed by atoms with van der Waals surface area (Å²) in [6, 6.07) is 12.5. The molecule has 1 atom stereocenters. The minimum Gasteiger partial charge on any atom is -0.325 e. The summed E-state index contributed by atoms with van der Waals surface area (Å²) in [5.41, 5.74) is 3.92. The van der Waals surface area contributed by atoms with Gasteiger partial charge in [-0.15, -0.1) is 10.2 Å². The van der Waals surface area contributed by atoms with Crippen molar-refractivity contribution >= 4 is 33.2 Å². The Morgan fingerprint density at radius 2 is 1.78 bits per heavy atom. The first-order valence-electron chi connectivity index (χ1n) is 10.3. The number of nitrogens with one attached hydrogen (secondary N) is 1. The highest BCUT2D eigenvalue weighted by atomic mass is 32.2. The molecular weight excluding hydrogens is 444 g/mol. The first-order valence-corrected chi connectivity index (χ1v) is 12.9. The third kappa shape index (κ3) is 5.39. The highest BCUT2D eigenvalue weighted by Crippen LogP contribution is 2.27. The number of nitrogens with zero attached hydrogens (tertiary/aromatic N) is 3. The quantitative estimate of drug-likeness (QED) is 0.493. The standard InChI is InChI=1S/C23H28N4O3S2/c1-6-20(22(28)24-19-9-7-8-16(3)17(19)4)31-23-26-25-21(27(23)5)14-32(29,30)18-12-10-15(2)11-13-18/h7-13,20H,6,14H2,1-5H3,(H,24,28). The van der Waals surface area contributed by atoms with E-state index in [1.54, 1.807) is 35.9 Å². The molecule has 7 nitrogen and oxygen atoms in total. The highest BCUT2D eigenvalue weighted by Gasteiger charge is 2.24. The van der Waals surface area contributed by atoms with Crippen molar-refractivity contribution in [3.63, 3.8) is 0 Å². The third-order valence-corrected chi connectivity index (χ3v) is 8.42. The summed E-state index contributed by atoms with van der Waals surface area (Å²) in [4.78, 5) is 13.1. The number of amides is 1. The Hall–Kier alpha value is -2.65. The molecule has 1 amide bonds. The van der Waals surface area contributed by atoms with Crippen LogP contribution in [0.25, 0.3) is 0 Å². The van der Waals surface area contributed by atoms with Gasteiger partial charge < -0.3 is 9.88 Å². The Labute approximate surface area is 193 Å². The fourth-order valence-corrected chi connectivity index (χ4v) is 5.37. The summed E-state index contributed by atoms with van der Waals surface area (Å²) in [6.07, 6.45) is 0.589. The monoisotopic (exact) mass is 472 g/mol. The summed E-state index contributed by atoms with van der Waals surface area (Å²) in [5.74, 6) is -0.0492. The molecule has 1 unspecified atom stereocenters. The van der Waals surface area contributed by atoms with Crippen molar-refractivity contribution in [3.8, 4) is 0 Å². The molecule has 0 spiro atoms. The van der Waals surface area contributed by atoms with Crippen molar-refractivity contribution in [1.82, 2.24) is 14.8 Å². The largest absolute Gasteiger partial charge is 0.325 e. The zero-order valence-corrected chi connectivity index (χ0v) is 20.5. The first kappa shape index (κ1) is 24.0. The van der Waals surface area contributed by atoms with Gasteiger partial charge in [-0.3, -0.25) is 4.79 Å². The van der Waals surface area contributed by atoms with Crippen LogP contribution in [-0.2, 0) is 27.4 Å². The summed E-state index contributed by atoms with van der Waals surface area (Å²) in [7, 11) is -1.83. The van der Waals surface area contributed by atoms with Crippen LogP contribution in [0, 0.1) is 20.8 Å². The zero-order valence-electron chi connectivity index (χ0n) is 18.9. The fraction of sp³-hybridized carbons (Fsp3) is 0.348. The van der Waals surface area contributed by atoms with Crippen LogP contribution in [0.4, 0.5) is 5.69 Å². The van der Waals surface area contributed by atoms with Gasteiger partial charge in [0.25, 0.3) is 0 Å². The number of hydrogen-bond donors (Lipinski definition) is 1. The van der Waals surface area contributed by atoms with Gasteiger partial charge in [-0.2, -0.15) is 0 Å². The van der Waals surface area contributed by atoms with Gasteiger partial charge in [0.05, 0.1) is 10.1 Å². The van der Waals surface area contributed by atoms with E-state index in [1.165, 1.54) is 11.8 Å². The van der Waals surface area contributed by atoms with E-state index in [-0.39, 0.29) is 21.8 Å². The lowest BCUT2D eigenvalue weighted by Gasteiger charge is -2.16. The smallest absolute Gasteiger partial charge is 0.237 e. The molecule has 0 saturated heterocycles. The van der Waals surface area contributed by atoms with E-state index < -0.39 is 9.84 Å². The molecule has 9 heteroatoms. The van der Waals surface area contributed by atoms with Gasteiger partial charge in [-0.25, -0.2) is 8.42 Å². The number of aromatic nitrogens is 3. The van der Waals surface area contributed by atoms with Gasteiger partial charge in [0.2, 0.25) is 5.91 Å². The van der Waals surface area contributed by atoms with E-state index >= 15 is 0 Å². The van der Waals surface area contributed by atoms with Gasteiger partial charge in [-0.05, 0) is 56.5 Å². The average Bonchev–Trinajstić information content (AvgIpc) is 3.08. The molecule has 32 heavy (non-hydrogen) atoms. The lowest BCUT2D eigenvalue weighted by atomic mass is 10.1. The fourth-order valence-electron chi connectivity index (χ4n) is 3.12. The lowest BCUT2D eigenvalue weighted by Crippen LogP contribution is -2.25. The zero-order chi connectivity index (χ0) is 23.5. The molecule has 0 bridgehead atoms. The molecule has 1 aromatic heterocycles. The van der Waals surface area contributed by atoms with E-state index in [0.717, 1.165) is 22.4 Å². The number of sulfone groups is 1. The Bertz CT molecular complexity index is 1220. The number of carbonyl (C=O) groups excluding carboxylic acids is 1. The highest BCUT2D eigenvalue weighted by molar-refractivity contribution is 8.00. The summed E-state index contributed by atoms with van der Waals surface area (Å²) >= 11 is 1.28. The molecule has 0 aliphatic rings. The lowest BCUT2D eigenvalue weighted by molar-refractivity contribution is -0.115. The van der Waals surface area contributed by atoms with Crippen molar-refractivity contribution in [2.45, 2.75) is 55.2 Å². The number of aryl methyl sites for hydroxylation is 2. The Morgan fingerprint density at radius 3 is 2.44 bits per heavy atom. The summed E-state index contributed by atoms with van der Waals surface area (Å²) < 4.78 is 27.2. The normalized spacial score (nSPS) is 12.5. The van der Waals surface area contributed by atoms with Crippen LogP contribution in [-0.4, -0.2) is 34.3 Å². The van der Waals surface area contributed by atoms with Gasteiger partial charge in [0.1, 0.15) is 11.6 Å². The van der Waals surface area contributed by atoms with Crippen molar-refractivity contribution in [2.75, 3.05) is 5.32 Å². The van der Waals surface area contributed by atoms with Crippen LogP contribution >= 0.6 is 11.8 Å². The average molecular weight is 473 g/mol. The minimum atomic E-state index is -3.55. The second kappa shape index (κ2) is 9.87. The number of benzene rings is 2. The molecule has 3 rings (SSSR count). The Balaban J connectivity index is 1.74. The van der Waals surface area contributed by atoms with Gasteiger partial charge >= 0.3 is 0 Å². The summed E-state index contributed by atoms with van der Waals surface area (Å²) in [6.45, 7) is 7.81. The van der Waals surface area contributed by atoms with Crippen molar-refractivity contribution in [1.29, 1.82) is 0 Å².